The molecule has 2 aromatic carbocycles. The fraction of sp³-hybridized carbons (Fsp3) is 0.200. The molecule has 28 heavy (non-hydrogen) atoms. The number of aromatic amines is 1. The van der Waals surface area contributed by atoms with E-state index in [0.29, 0.717) is 33.9 Å². The topological polar surface area (TPSA) is 101 Å². The largest absolute Gasteiger partial charge is 0.462 e. The highest BCUT2D eigenvalue weighted by Gasteiger charge is 2.17. The molecule has 1 heterocycles. The van der Waals surface area contributed by atoms with Gasteiger partial charge in [-0.15, -0.1) is 0 Å². The molecule has 0 aliphatic carbocycles. The van der Waals surface area contributed by atoms with E-state index in [0.717, 1.165) is 11.8 Å². The predicted molar refractivity (Wildman–Crippen MR) is 109 cm³/mol. The Morgan fingerprint density at radius 3 is 2.61 bits per heavy atom. The van der Waals surface area contributed by atoms with Crippen LogP contribution in [0.15, 0.2) is 58.5 Å². The Labute approximate surface area is 165 Å². The number of aromatic nitrogens is 2. The number of benzene rings is 2. The fourth-order valence-corrected chi connectivity index (χ4v) is 3.29. The molecule has 0 fully saturated rings. The smallest absolute Gasteiger partial charge is 0.338 e. The van der Waals surface area contributed by atoms with Gasteiger partial charge in [0.2, 0.25) is 5.91 Å². The third-order valence-corrected chi connectivity index (χ3v) is 4.90. The van der Waals surface area contributed by atoms with Crippen molar-refractivity contribution in [1.29, 1.82) is 0 Å². The highest BCUT2D eigenvalue weighted by atomic mass is 32.2. The van der Waals surface area contributed by atoms with E-state index in [1.165, 1.54) is 0 Å². The molecule has 8 heteroatoms. The number of carbonyl (C=O) groups excluding carboxylic acids is 2. The average Bonchev–Trinajstić information content (AvgIpc) is 2.68. The molecule has 0 saturated heterocycles. The lowest BCUT2D eigenvalue weighted by Gasteiger charge is -2.12. The Hall–Kier alpha value is -3.13. The van der Waals surface area contributed by atoms with Crippen molar-refractivity contribution in [2.45, 2.75) is 24.3 Å². The maximum Gasteiger partial charge on any atom is 0.338 e. The first-order valence-electron chi connectivity index (χ1n) is 8.71. The van der Waals surface area contributed by atoms with E-state index >= 15 is 0 Å². The summed E-state index contributed by atoms with van der Waals surface area (Å²) in [6.07, 6.45) is 0. The second-order valence-corrected chi connectivity index (χ2v) is 7.26. The molecule has 3 rings (SSSR count). The number of thioether (sulfide) groups is 1. The number of hydrogen-bond acceptors (Lipinski definition) is 6. The fourth-order valence-electron chi connectivity index (χ4n) is 2.49. The van der Waals surface area contributed by atoms with Crippen molar-refractivity contribution >= 4 is 40.2 Å². The Morgan fingerprint density at radius 2 is 1.89 bits per heavy atom. The highest BCUT2D eigenvalue weighted by molar-refractivity contribution is 8.00. The first-order chi connectivity index (χ1) is 13.5. The summed E-state index contributed by atoms with van der Waals surface area (Å²) in [5, 5.41) is 3.17. The van der Waals surface area contributed by atoms with Crippen LogP contribution in [-0.2, 0) is 9.53 Å². The Kier molecular flexibility index (Phi) is 6.10. The first kappa shape index (κ1) is 19.6. The van der Waals surface area contributed by atoms with Gasteiger partial charge in [0, 0.05) is 5.69 Å². The molecule has 0 radical (unpaired) electrons. The molecule has 3 aromatic rings. The van der Waals surface area contributed by atoms with E-state index in [2.05, 4.69) is 15.3 Å². The zero-order valence-corrected chi connectivity index (χ0v) is 16.2. The molecule has 0 spiro atoms. The third-order valence-electron chi connectivity index (χ3n) is 3.91. The number of para-hydroxylation sites is 1. The number of nitrogens with zero attached hydrogens (tertiary/aromatic N) is 1. The molecule has 1 atom stereocenters. The predicted octanol–water partition coefficient (Wildman–Crippen LogP) is 3.22. The zero-order chi connectivity index (χ0) is 20.1. The van der Waals surface area contributed by atoms with E-state index in [1.807, 2.05) is 0 Å². The second kappa shape index (κ2) is 8.71. The molecule has 1 aromatic heterocycles. The summed E-state index contributed by atoms with van der Waals surface area (Å²) >= 11 is 1.16. The van der Waals surface area contributed by atoms with Gasteiger partial charge in [0.1, 0.15) is 0 Å². The van der Waals surface area contributed by atoms with Crippen molar-refractivity contribution in [1.82, 2.24) is 9.97 Å². The van der Waals surface area contributed by atoms with E-state index < -0.39 is 11.2 Å². The number of nitrogens with one attached hydrogen (secondary N) is 2. The van der Waals surface area contributed by atoms with Crippen LogP contribution in [-0.4, -0.2) is 33.7 Å². The summed E-state index contributed by atoms with van der Waals surface area (Å²) in [5.74, 6) is -0.652. The van der Waals surface area contributed by atoms with E-state index in [9.17, 15) is 14.4 Å². The highest BCUT2D eigenvalue weighted by Crippen LogP contribution is 2.21. The number of carbonyl (C=O) groups is 2. The van der Waals surface area contributed by atoms with Crippen LogP contribution in [0, 0.1) is 0 Å². The van der Waals surface area contributed by atoms with Crippen LogP contribution >= 0.6 is 11.8 Å². The monoisotopic (exact) mass is 397 g/mol. The van der Waals surface area contributed by atoms with Crippen molar-refractivity contribution in [3.05, 3.63) is 64.4 Å². The number of ether oxygens (including phenoxy) is 1. The summed E-state index contributed by atoms with van der Waals surface area (Å²) in [4.78, 5) is 43.3. The molecule has 0 bridgehead atoms. The van der Waals surface area contributed by atoms with Gasteiger partial charge in [0.25, 0.3) is 5.56 Å². The summed E-state index contributed by atoms with van der Waals surface area (Å²) in [7, 11) is 0. The van der Waals surface area contributed by atoms with Crippen molar-refractivity contribution in [3.8, 4) is 0 Å². The SMILES string of the molecule is CCOC(=O)c1ccc(NC(=O)C(C)Sc2nc3ccccc3c(=O)[nH]2)cc1. The number of H-pyrrole nitrogens is 1. The van der Waals surface area contributed by atoms with Gasteiger partial charge in [-0.05, 0) is 50.2 Å². The van der Waals surface area contributed by atoms with Gasteiger partial charge in [0.15, 0.2) is 5.16 Å². The van der Waals surface area contributed by atoms with E-state index in [1.54, 1.807) is 62.4 Å². The van der Waals surface area contributed by atoms with Gasteiger partial charge in [-0.25, -0.2) is 9.78 Å². The molecule has 1 unspecified atom stereocenters. The normalized spacial score (nSPS) is 11.8. The number of esters is 1. The molecule has 0 aliphatic heterocycles. The molecule has 0 aliphatic rings. The number of amides is 1. The lowest BCUT2D eigenvalue weighted by molar-refractivity contribution is -0.115. The molecule has 0 saturated carbocycles. The van der Waals surface area contributed by atoms with E-state index in [-0.39, 0.29) is 11.5 Å². The third kappa shape index (κ3) is 4.58. The van der Waals surface area contributed by atoms with Crippen molar-refractivity contribution in [2.75, 3.05) is 11.9 Å². The summed E-state index contributed by atoms with van der Waals surface area (Å²) in [6, 6.07) is 13.5. The average molecular weight is 397 g/mol. The lowest BCUT2D eigenvalue weighted by atomic mass is 10.2. The lowest BCUT2D eigenvalue weighted by Crippen LogP contribution is -2.23. The number of rotatable bonds is 6. The molecular weight excluding hydrogens is 378 g/mol. The van der Waals surface area contributed by atoms with Crippen molar-refractivity contribution in [3.63, 3.8) is 0 Å². The van der Waals surface area contributed by atoms with Crippen molar-refractivity contribution in [2.24, 2.45) is 0 Å². The summed E-state index contributed by atoms with van der Waals surface area (Å²) in [6.45, 7) is 3.77. The minimum absolute atomic E-state index is 0.240. The van der Waals surface area contributed by atoms with Crippen LogP contribution in [0.3, 0.4) is 0 Å². The van der Waals surface area contributed by atoms with Gasteiger partial charge < -0.3 is 15.0 Å². The Bertz CT molecular complexity index is 1060. The molecular formula is C20H19N3O4S. The van der Waals surface area contributed by atoms with Crippen LogP contribution in [0.25, 0.3) is 10.9 Å². The van der Waals surface area contributed by atoms with E-state index in [4.69, 9.17) is 4.74 Å². The number of hydrogen-bond donors (Lipinski definition) is 2. The molecule has 7 nitrogen and oxygen atoms in total. The van der Waals surface area contributed by atoms with Gasteiger partial charge in [0.05, 0.1) is 28.3 Å². The van der Waals surface area contributed by atoms with Crippen molar-refractivity contribution < 1.29 is 14.3 Å². The molecule has 2 N–H and O–H groups in total. The Morgan fingerprint density at radius 1 is 1.18 bits per heavy atom. The standard InChI is InChI=1S/C20H19N3O4S/c1-3-27-19(26)13-8-10-14(11-9-13)21-17(24)12(2)28-20-22-16-7-5-4-6-15(16)18(25)23-20/h4-12H,3H2,1-2H3,(H,21,24)(H,22,23,25). The maximum atomic E-state index is 12.4. The van der Waals surface area contributed by atoms with Gasteiger partial charge in [-0.1, -0.05) is 23.9 Å². The minimum Gasteiger partial charge on any atom is -0.462 e. The van der Waals surface area contributed by atoms with Gasteiger partial charge in [-0.3, -0.25) is 9.59 Å². The van der Waals surface area contributed by atoms with Crippen LogP contribution < -0.4 is 10.9 Å². The maximum absolute atomic E-state index is 12.4. The van der Waals surface area contributed by atoms with Crippen LogP contribution in [0.5, 0.6) is 0 Å². The quantitative estimate of drug-likeness (QED) is 0.376. The van der Waals surface area contributed by atoms with Gasteiger partial charge >= 0.3 is 5.97 Å². The van der Waals surface area contributed by atoms with Crippen LogP contribution in [0.4, 0.5) is 5.69 Å². The number of anilines is 1. The Balaban J connectivity index is 1.66. The number of fused-ring (bicyclic) bond motifs is 1. The minimum atomic E-state index is -0.492. The molecule has 1 amide bonds. The molecule has 144 valence electrons. The van der Waals surface area contributed by atoms with Crippen LogP contribution in [0.1, 0.15) is 24.2 Å². The first-order valence-corrected chi connectivity index (χ1v) is 9.59. The summed E-state index contributed by atoms with van der Waals surface area (Å²) in [5.41, 5.74) is 1.32. The van der Waals surface area contributed by atoms with Crippen LogP contribution in [0.2, 0.25) is 0 Å². The zero-order valence-electron chi connectivity index (χ0n) is 15.4. The second-order valence-electron chi connectivity index (χ2n) is 5.94. The van der Waals surface area contributed by atoms with Gasteiger partial charge in [-0.2, -0.15) is 0 Å². The summed E-state index contributed by atoms with van der Waals surface area (Å²) < 4.78 is 4.93.